The highest BCUT2D eigenvalue weighted by Gasteiger charge is 2.34. The summed E-state index contributed by atoms with van der Waals surface area (Å²) < 4.78 is 38.7. The van der Waals surface area contributed by atoms with Crippen LogP contribution in [-0.2, 0) is 11.0 Å². The summed E-state index contributed by atoms with van der Waals surface area (Å²) in [6, 6.07) is 4.61. The Morgan fingerprint density at radius 1 is 1.38 bits per heavy atom. The van der Waals surface area contributed by atoms with Crippen LogP contribution in [0.2, 0.25) is 0 Å². The second-order valence-electron chi connectivity index (χ2n) is 5.34. The third-order valence-corrected chi connectivity index (χ3v) is 3.90. The van der Waals surface area contributed by atoms with E-state index in [0.29, 0.717) is 12.3 Å². The first-order valence-corrected chi connectivity index (χ1v) is 7.12. The molecule has 1 fully saturated rings. The third-order valence-electron chi connectivity index (χ3n) is 3.90. The van der Waals surface area contributed by atoms with E-state index in [0.717, 1.165) is 25.5 Å². The summed E-state index contributed by atoms with van der Waals surface area (Å²) in [6.45, 7) is 2.78. The number of nitrogens with one attached hydrogen (secondary N) is 2. The van der Waals surface area contributed by atoms with Crippen molar-refractivity contribution in [3.05, 3.63) is 29.8 Å². The molecule has 2 N–H and O–H groups in total. The van der Waals surface area contributed by atoms with Gasteiger partial charge in [-0.05, 0) is 37.4 Å². The second kappa shape index (κ2) is 6.47. The van der Waals surface area contributed by atoms with E-state index < -0.39 is 23.7 Å². The number of alkyl halides is 3. The van der Waals surface area contributed by atoms with Crippen molar-refractivity contribution in [3.8, 4) is 0 Å². The molecule has 2 unspecified atom stereocenters. The van der Waals surface area contributed by atoms with Gasteiger partial charge in [0.2, 0.25) is 5.91 Å². The first-order valence-electron chi connectivity index (χ1n) is 7.12. The van der Waals surface area contributed by atoms with Crippen LogP contribution in [-0.4, -0.2) is 18.5 Å². The Labute approximate surface area is 121 Å². The summed E-state index contributed by atoms with van der Waals surface area (Å²) in [4.78, 5) is 12.2. The molecule has 116 valence electrons. The molecule has 1 aliphatic rings. The van der Waals surface area contributed by atoms with Gasteiger partial charge in [0.15, 0.2) is 0 Å². The number of amides is 1. The van der Waals surface area contributed by atoms with Gasteiger partial charge in [-0.3, -0.25) is 4.79 Å². The molecule has 2 atom stereocenters. The zero-order valence-electron chi connectivity index (χ0n) is 11.8. The first kappa shape index (κ1) is 15.8. The standard InChI is InChI=1S/C15H19F3N2O/c1-2-10-7-8-19-13(9-10)14(21)20-12-6-4-3-5-11(12)15(16,17)18/h3-6,10,13,19H,2,7-9H2,1H3,(H,20,21). The van der Waals surface area contributed by atoms with E-state index in [4.69, 9.17) is 0 Å². The average molecular weight is 300 g/mol. The highest BCUT2D eigenvalue weighted by atomic mass is 19.4. The maximum Gasteiger partial charge on any atom is 0.418 e. The Morgan fingerprint density at radius 3 is 2.76 bits per heavy atom. The van der Waals surface area contributed by atoms with Gasteiger partial charge in [0.1, 0.15) is 0 Å². The minimum atomic E-state index is -4.48. The number of halogens is 3. The largest absolute Gasteiger partial charge is 0.418 e. The van der Waals surface area contributed by atoms with Gasteiger partial charge in [-0.25, -0.2) is 0 Å². The molecule has 0 aliphatic carbocycles. The second-order valence-corrected chi connectivity index (χ2v) is 5.34. The summed E-state index contributed by atoms with van der Waals surface area (Å²) in [5, 5.41) is 5.48. The number of benzene rings is 1. The summed E-state index contributed by atoms with van der Waals surface area (Å²) in [5.41, 5.74) is -1.00. The van der Waals surface area contributed by atoms with Crippen LogP contribution in [0, 0.1) is 5.92 Å². The number of hydrogen-bond acceptors (Lipinski definition) is 2. The van der Waals surface area contributed by atoms with Crippen molar-refractivity contribution < 1.29 is 18.0 Å². The van der Waals surface area contributed by atoms with Gasteiger partial charge in [0.05, 0.1) is 17.3 Å². The van der Waals surface area contributed by atoms with Crippen LogP contribution in [0.4, 0.5) is 18.9 Å². The number of carbonyl (C=O) groups excluding carboxylic acids is 1. The van der Waals surface area contributed by atoms with Gasteiger partial charge in [-0.2, -0.15) is 13.2 Å². The maximum atomic E-state index is 12.9. The van der Waals surface area contributed by atoms with Crippen molar-refractivity contribution in [2.75, 3.05) is 11.9 Å². The fourth-order valence-corrected chi connectivity index (χ4v) is 2.63. The minimum Gasteiger partial charge on any atom is -0.324 e. The smallest absolute Gasteiger partial charge is 0.324 e. The molecule has 2 rings (SSSR count). The lowest BCUT2D eigenvalue weighted by Gasteiger charge is -2.29. The first-order chi connectivity index (χ1) is 9.91. The van der Waals surface area contributed by atoms with Crippen LogP contribution >= 0.6 is 0 Å². The van der Waals surface area contributed by atoms with Gasteiger partial charge in [0.25, 0.3) is 0 Å². The van der Waals surface area contributed by atoms with Crippen LogP contribution in [0.5, 0.6) is 0 Å². The van der Waals surface area contributed by atoms with Crippen molar-refractivity contribution in [2.24, 2.45) is 5.92 Å². The molecular weight excluding hydrogens is 281 g/mol. The van der Waals surface area contributed by atoms with E-state index in [1.807, 2.05) is 0 Å². The molecule has 1 aromatic carbocycles. The Balaban J connectivity index is 2.10. The van der Waals surface area contributed by atoms with Crippen molar-refractivity contribution in [1.29, 1.82) is 0 Å². The molecule has 0 aromatic heterocycles. The summed E-state index contributed by atoms with van der Waals surface area (Å²) >= 11 is 0. The number of para-hydroxylation sites is 1. The molecule has 1 heterocycles. The van der Waals surface area contributed by atoms with Gasteiger partial charge in [-0.1, -0.05) is 25.5 Å². The molecular formula is C15H19F3N2O. The van der Waals surface area contributed by atoms with E-state index in [-0.39, 0.29) is 5.69 Å². The Hall–Kier alpha value is -1.56. The molecule has 1 aliphatic heterocycles. The fraction of sp³-hybridized carbons (Fsp3) is 0.533. The Morgan fingerprint density at radius 2 is 2.10 bits per heavy atom. The highest BCUT2D eigenvalue weighted by molar-refractivity contribution is 5.95. The van der Waals surface area contributed by atoms with Crippen molar-refractivity contribution >= 4 is 11.6 Å². The van der Waals surface area contributed by atoms with Gasteiger partial charge in [-0.15, -0.1) is 0 Å². The monoisotopic (exact) mass is 300 g/mol. The number of hydrogen-bond donors (Lipinski definition) is 2. The van der Waals surface area contributed by atoms with Crippen molar-refractivity contribution in [3.63, 3.8) is 0 Å². The molecule has 1 saturated heterocycles. The lowest BCUT2D eigenvalue weighted by molar-refractivity contribution is -0.137. The molecule has 1 amide bonds. The van der Waals surface area contributed by atoms with Crippen LogP contribution in [0.15, 0.2) is 24.3 Å². The predicted octanol–water partition coefficient (Wildman–Crippen LogP) is 3.42. The van der Waals surface area contributed by atoms with Crippen LogP contribution < -0.4 is 10.6 Å². The zero-order chi connectivity index (χ0) is 15.5. The lowest BCUT2D eigenvalue weighted by Crippen LogP contribution is -2.46. The van der Waals surface area contributed by atoms with E-state index in [2.05, 4.69) is 17.6 Å². The number of piperidine rings is 1. The van der Waals surface area contributed by atoms with Gasteiger partial charge < -0.3 is 10.6 Å². The third kappa shape index (κ3) is 3.97. The molecule has 0 spiro atoms. The molecule has 0 radical (unpaired) electrons. The summed E-state index contributed by atoms with van der Waals surface area (Å²) in [6.07, 6.45) is -1.84. The summed E-state index contributed by atoms with van der Waals surface area (Å²) in [7, 11) is 0. The average Bonchev–Trinajstić information content (AvgIpc) is 2.46. The number of anilines is 1. The Kier molecular flexibility index (Phi) is 4.88. The molecule has 3 nitrogen and oxygen atoms in total. The lowest BCUT2D eigenvalue weighted by atomic mass is 9.90. The number of rotatable bonds is 3. The Bertz CT molecular complexity index is 502. The maximum absolute atomic E-state index is 12.9. The molecule has 0 saturated carbocycles. The van der Waals surface area contributed by atoms with Crippen LogP contribution in [0.3, 0.4) is 0 Å². The van der Waals surface area contributed by atoms with E-state index in [1.165, 1.54) is 18.2 Å². The van der Waals surface area contributed by atoms with Crippen LogP contribution in [0.25, 0.3) is 0 Å². The quantitative estimate of drug-likeness (QED) is 0.898. The molecule has 6 heteroatoms. The van der Waals surface area contributed by atoms with Crippen molar-refractivity contribution in [1.82, 2.24) is 5.32 Å². The topological polar surface area (TPSA) is 41.1 Å². The van der Waals surface area contributed by atoms with Gasteiger partial charge >= 0.3 is 6.18 Å². The molecule has 21 heavy (non-hydrogen) atoms. The highest BCUT2D eigenvalue weighted by Crippen LogP contribution is 2.34. The van der Waals surface area contributed by atoms with Gasteiger partial charge in [0, 0.05) is 0 Å². The number of carbonyl (C=O) groups is 1. The molecule has 1 aromatic rings. The normalized spacial score (nSPS) is 22.9. The molecule has 0 bridgehead atoms. The van der Waals surface area contributed by atoms with Crippen molar-refractivity contribution in [2.45, 2.75) is 38.4 Å². The fourth-order valence-electron chi connectivity index (χ4n) is 2.63. The predicted molar refractivity (Wildman–Crippen MR) is 74.9 cm³/mol. The minimum absolute atomic E-state index is 0.185. The van der Waals surface area contributed by atoms with E-state index >= 15 is 0 Å². The summed E-state index contributed by atoms with van der Waals surface area (Å²) in [5.74, 6) is 0.0460. The van der Waals surface area contributed by atoms with Crippen LogP contribution in [0.1, 0.15) is 31.7 Å². The van der Waals surface area contributed by atoms with E-state index in [1.54, 1.807) is 0 Å². The SMILES string of the molecule is CCC1CCNC(C(=O)Nc2ccccc2C(F)(F)F)C1. The zero-order valence-corrected chi connectivity index (χ0v) is 11.8. The van der Waals surface area contributed by atoms with E-state index in [9.17, 15) is 18.0 Å².